The van der Waals surface area contributed by atoms with Crippen LogP contribution in [0.4, 0.5) is 0 Å². The summed E-state index contributed by atoms with van der Waals surface area (Å²) in [5.41, 5.74) is 2.62. The Morgan fingerprint density at radius 3 is 2.79 bits per heavy atom. The quantitative estimate of drug-likeness (QED) is 0.274. The van der Waals surface area contributed by atoms with Crippen LogP contribution in [-0.2, 0) is 0 Å². The zero-order valence-electron chi connectivity index (χ0n) is 9.21. The van der Waals surface area contributed by atoms with E-state index in [1.165, 1.54) is 19.3 Å². The summed E-state index contributed by atoms with van der Waals surface area (Å²) in [6, 6.07) is 0.543. The zero-order chi connectivity index (χ0) is 10.4. The second kappa shape index (κ2) is 5.86. The lowest BCUT2D eigenvalue weighted by Crippen LogP contribution is -2.47. The fraction of sp³-hybridized carbons (Fsp3) is 0.900. The van der Waals surface area contributed by atoms with Gasteiger partial charge in [0.05, 0.1) is 0 Å². The van der Waals surface area contributed by atoms with Gasteiger partial charge in [-0.2, -0.15) is 0 Å². The molecule has 4 N–H and O–H groups in total. The van der Waals surface area contributed by atoms with E-state index in [1.807, 2.05) is 0 Å². The van der Waals surface area contributed by atoms with Crippen molar-refractivity contribution in [3.63, 3.8) is 0 Å². The van der Waals surface area contributed by atoms with Crippen LogP contribution in [0, 0.1) is 5.92 Å². The second-order valence-corrected chi connectivity index (χ2v) is 4.03. The van der Waals surface area contributed by atoms with Crippen LogP contribution < -0.4 is 16.6 Å². The lowest BCUT2D eigenvalue weighted by molar-refractivity contribution is 0.481. The first-order valence-electron chi connectivity index (χ1n) is 5.55. The van der Waals surface area contributed by atoms with Crippen molar-refractivity contribution in [3.8, 4) is 0 Å². The van der Waals surface area contributed by atoms with Gasteiger partial charge in [0.15, 0.2) is 0 Å². The van der Waals surface area contributed by atoms with Crippen LogP contribution in [0.1, 0.15) is 39.5 Å². The number of nitrogens with one attached hydrogen (secondary N) is 2. The molecule has 2 atom stereocenters. The van der Waals surface area contributed by atoms with E-state index in [4.69, 9.17) is 5.84 Å². The van der Waals surface area contributed by atoms with Gasteiger partial charge in [-0.15, -0.1) is 0 Å². The van der Waals surface area contributed by atoms with Gasteiger partial charge >= 0.3 is 0 Å². The summed E-state index contributed by atoms with van der Waals surface area (Å²) in [5.74, 6) is 6.87. The van der Waals surface area contributed by atoms with Crippen LogP contribution in [0.3, 0.4) is 0 Å². The number of aliphatic imine (C=N–C) groups is 1. The summed E-state index contributed by atoms with van der Waals surface area (Å²) in [7, 11) is 0. The molecule has 14 heavy (non-hydrogen) atoms. The zero-order valence-corrected chi connectivity index (χ0v) is 9.21. The van der Waals surface area contributed by atoms with E-state index in [-0.39, 0.29) is 0 Å². The third kappa shape index (κ3) is 3.18. The molecule has 0 aromatic heterocycles. The monoisotopic (exact) mass is 198 g/mol. The molecule has 0 amide bonds. The largest absolute Gasteiger partial charge is 0.352 e. The normalized spacial score (nSPS) is 27.8. The van der Waals surface area contributed by atoms with Gasteiger partial charge in [0.25, 0.3) is 0 Å². The van der Waals surface area contributed by atoms with Gasteiger partial charge in [-0.3, -0.25) is 10.4 Å². The number of nitrogens with two attached hydrogens (primary N) is 1. The van der Waals surface area contributed by atoms with Crippen molar-refractivity contribution in [1.82, 2.24) is 10.7 Å². The maximum atomic E-state index is 5.39. The molecule has 0 saturated heterocycles. The van der Waals surface area contributed by atoms with Gasteiger partial charge in [-0.05, 0) is 25.2 Å². The first-order chi connectivity index (χ1) is 6.77. The highest BCUT2D eigenvalue weighted by atomic mass is 15.3. The van der Waals surface area contributed by atoms with Gasteiger partial charge in [-0.25, -0.2) is 5.84 Å². The number of hydrazine groups is 1. The minimum absolute atomic E-state index is 0.543. The molecule has 1 fully saturated rings. The molecule has 4 heteroatoms. The summed E-state index contributed by atoms with van der Waals surface area (Å²) in [5, 5.41) is 3.36. The number of nitrogens with zero attached hydrogens (tertiary/aromatic N) is 1. The van der Waals surface area contributed by atoms with E-state index in [2.05, 4.69) is 29.6 Å². The topological polar surface area (TPSA) is 62.4 Å². The summed E-state index contributed by atoms with van der Waals surface area (Å²) in [4.78, 5) is 4.33. The summed E-state index contributed by atoms with van der Waals surface area (Å²) in [6.07, 6.45) is 4.90. The third-order valence-corrected chi connectivity index (χ3v) is 2.81. The Bertz CT molecular complexity index is 191. The molecule has 1 aliphatic rings. The molecule has 82 valence electrons. The third-order valence-electron chi connectivity index (χ3n) is 2.81. The number of hydrogen-bond acceptors (Lipinski definition) is 2. The Morgan fingerprint density at radius 2 is 2.29 bits per heavy atom. The highest BCUT2D eigenvalue weighted by Crippen LogP contribution is 2.24. The number of hydrogen-bond donors (Lipinski definition) is 3. The summed E-state index contributed by atoms with van der Waals surface area (Å²) in [6.45, 7) is 5.21. The molecule has 1 rings (SSSR count). The molecule has 0 radical (unpaired) electrons. The molecular weight excluding hydrogens is 176 g/mol. The van der Waals surface area contributed by atoms with Crippen LogP contribution >= 0.6 is 0 Å². The first-order valence-corrected chi connectivity index (χ1v) is 5.55. The molecule has 1 aliphatic carbocycles. The molecule has 0 aromatic carbocycles. The molecule has 0 spiro atoms. The van der Waals surface area contributed by atoms with Crippen molar-refractivity contribution in [2.24, 2.45) is 16.8 Å². The minimum atomic E-state index is 0.543. The standard InChI is InChI=1S/C10H22N4/c1-3-7-12-10(14-11)13-9-6-4-5-8(9)2/h8-9H,3-7,11H2,1-2H3,(H2,12,13,14). The molecular formula is C10H22N4. The average Bonchev–Trinajstić information content (AvgIpc) is 2.59. The predicted molar refractivity (Wildman–Crippen MR) is 59.9 cm³/mol. The molecule has 0 bridgehead atoms. The van der Waals surface area contributed by atoms with Crippen LogP contribution in [0.2, 0.25) is 0 Å². The van der Waals surface area contributed by atoms with Gasteiger partial charge in [-0.1, -0.05) is 20.3 Å². The molecule has 0 aromatic rings. The molecule has 4 nitrogen and oxygen atoms in total. The fourth-order valence-corrected chi connectivity index (χ4v) is 1.89. The van der Waals surface area contributed by atoms with Crippen molar-refractivity contribution < 1.29 is 0 Å². The van der Waals surface area contributed by atoms with Crippen molar-refractivity contribution in [1.29, 1.82) is 0 Å². The number of rotatable bonds is 3. The Kier molecular flexibility index (Phi) is 4.73. The Balaban J connectivity index is 2.39. The predicted octanol–water partition coefficient (Wildman–Crippen LogP) is 0.994. The van der Waals surface area contributed by atoms with Crippen molar-refractivity contribution in [2.75, 3.05) is 6.54 Å². The lowest BCUT2D eigenvalue weighted by Gasteiger charge is -2.19. The van der Waals surface area contributed by atoms with E-state index in [0.717, 1.165) is 24.8 Å². The van der Waals surface area contributed by atoms with Crippen LogP contribution in [0.5, 0.6) is 0 Å². The maximum absolute atomic E-state index is 5.39. The highest BCUT2D eigenvalue weighted by Gasteiger charge is 2.23. The van der Waals surface area contributed by atoms with Crippen molar-refractivity contribution >= 4 is 5.96 Å². The van der Waals surface area contributed by atoms with Crippen LogP contribution in [0.25, 0.3) is 0 Å². The fourth-order valence-electron chi connectivity index (χ4n) is 1.89. The lowest BCUT2D eigenvalue weighted by atomic mass is 10.1. The Labute approximate surface area is 86.3 Å². The Morgan fingerprint density at radius 1 is 1.50 bits per heavy atom. The van der Waals surface area contributed by atoms with E-state index in [0.29, 0.717) is 6.04 Å². The van der Waals surface area contributed by atoms with E-state index in [9.17, 15) is 0 Å². The number of guanidine groups is 1. The second-order valence-electron chi connectivity index (χ2n) is 4.03. The molecule has 1 saturated carbocycles. The van der Waals surface area contributed by atoms with E-state index < -0.39 is 0 Å². The van der Waals surface area contributed by atoms with Gasteiger partial charge in [0.2, 0.25) is 5.96 Å². The smallest absolute Gasteiger partial charge is 0.205 e. The van der Waals surface area contributed by atoms with Crippen molar-refractivity contribution in [2.45, 2.75) is 45.6 Å². The summed E-state index contributed by atoms with van der Waals surface area (Å²) < 4.78 is 0. The van der Waals surface area contributed by atoms with Gasteiger partial charge < -0.3 is 5.32 Å². The van der Waals surface area contributed by atoms with E-state index in [1.54, 1.807) is 0 Å². The SMILES string of the molecule is CCCN=C(NN)NC1CCCC1C. The Hall–Kier alpha value is -0.770. The van der Waals surface area contributed by atoms with Crippen LogP contribution in [0.15, 0.2) is 4.99 Å². The first kappa shape index (κ1) is 11.3. The minimum Gasteiger partial charge on any atom is -0.352 e. The van der Waals surface area contributed by atoms with Gasteiger partial charge in [0.1, 0.15) is 0 Å². The van der Waals surface area contributed by atoms with E-state index >= 15 is 0 Å². The average molecular weight is 198 g/mol. The maximum Gasteiger partial charge on any atom is 0.205 e. The van der Waals surface area contributed by atoms with Gasteiger partial charge in [0, 0.05) is 12.6 Å². The highest BCUT2D eigenvalue weighted by molar-refractivity contribution is 5.79. The van der Waals surface area contributed by atoms with Crippen LogP contribution in [-0.4, -0.2) is 18.5 Å². The molecule has 0 aliphatic heterocycles. The summed E-state index contributed by atoms with van der Waals surface area (Å²) >= 11 is 0. The molecule has 0 heterocycles. The molecule has 2 unspecified atom stereocenters. The van der Waals surface area contributed by atoms with Crippen molar-refractivity contribution in [3.05, 3.63) is 0 Å².